The Balaban J connectivity index is 0.974. The third-order valence-electron chi connectivity index (χ3n) is 13.7. The molecule has 0 aliphatic heterocycles. The van der Waals surface area contributed by atoms with E-state index >= 15 is 0 Å². The normalized spacial score (nSPS) is 11.9. The number of hydrogen-bond donors (Lipinski definition) is 0. The van der Waals surface area contributed by atoms with Gasteiger partial charge in [0.05, 0.1) is 38.8 Å². The van der Waals surface area contributed by atoms with Crippen LogP contribution < -0.4 is 0 Å². The number of fused-ring (bicyclic) bond motifs is 9. The third kappa shape index (κ3) is 6.43. The maximum atomic E-state index is 2.47. The highest BCUT2D eigenvalue weighted by Gasteiger charge is 2.20. The molecule has 0 saturated carbocycles. The van der Waals surface area contributed by atoms with Gasteiger partial charge in [-0.15, -0.1) is 0 Å². The lowest BCUT2D eigenvalue weighted by Crippen LogP contribution is -2.01. The molecule has 0 bridgehead atoms. The van der Waals surface area contributed by atoms with Crippen LogP contribution in [-0.4, -0.2) is 13.7 Å². The van der Waals surface area contributed by atoms with Crippen molar-refractivity contribution in [2.75, 3.05) is 0 Å². The minimum atomic E-state index is 1.15. The van der Waals surface area contributed by atoms with Crippen molar-refractivity contribution in [2.24, 2.45) is 0 Å². The van der Waals surface area contributed by atoms with Gasteiger partial charge in [0.25, 0.3) is 0 Å². The highest BCUT2D eigenvalue weighted by Crippen LogP contribution is 2.43. The Labute approximate surface area is 393 Å². The average molecular weight is 876 g/mol. The fraction of sp³-hybridized carbons (Fsp3) is 0.0476. The predicted molar refractivity (Wildman–Crippen MR) is 285 cm³/mol. The highest BCUT2D eigenvalue weighted by atomic mass is 32.2. The smallest absolute Gasteiger partial charge is 0.0542 e. The van der Waals surface area contributed by atoms with E-state index in [0.717, 1.165) is 11.4 Å². The highest BCUT2D eigenvalue weighted by molar-refractivity contribution is 7.99. The molecule has 0 radical (unpaired) electrons. The number of nitrogens with zero attached hydrogens (tertiary/aromatic N) is 3. The van der Waals surface area contributed by atoms with Gasteiger partial charge in [0.1, 0.15) is 0 Å². The molecular formula is C63H45N3S. The van der Waals surface area contributed by atoms with E-state index in [1.54, 1.807) is 0 Å². The van der Waals surface area contributed by atoms with Crippen LogP contribution in [0.2, 0.25) is 0 Å². The Morgan fingerprint density at radius 2 is 0.701 bits per heavy atom. The quantitative estimate of drug-likeness (QED) is 0.156. The van der Waals surface area contributed by atoms with Crippen LogP contribution in [0.4, 0.5) is 0 Å². The second-order valence-corrected chi connectivity index (χ2v) is 19.1. The van der Waals surface area contributed by atoms with Gasteiger partial charge in [0, 0.05) is 53.5 Å². The summed E-state index contributed by atoms with van der Waals surface area (Å²) in [7, 11) is 0. The SMILES string of the molecule is Cc1cc(C)c(-n2c3ccccc3c3cc(-n4c5ccc(Sc6ccc7c(c6)c6cc(-c8ccccc8)ccc6n7-c6ccccc6)cc5c5cc(-c6ccccc6)ccc54)ccc32)c(C)c1. The van der Waals surface area contributed by atoms with Crippen molar-refractivity contribution in [3.8, 4) is 39.3 Å². The summed E-state index contributed by atoms with van der Waals surface area (Å²) in [5, 5.41) is 7.47. The summed E-state index contributed by atoms with van der Waals surface area (Å²) in [5.74, 6) is 0. The zero-order chi connectivity index (χ0) is 44.8. The molecule has 0 N–H and O–H groups in total. The van der Waals surface area contributed by atoms with E-state index in [9.17, 15) is 0 Å². The Bertz CT molecular complexity index is 4060. The zero-order valence-corrected chi connectivity index (χ0v) is 38.4. The van der Waals surface area contributed by atoms with E-state index < -0.39 is 0 Å². The van der Waals surface area contributed by atoms with Crippen LogP contribution in [0.3, 0.4) is 0 Å². The molecule has 0 amide bonds. The molecule has 3 heterocycles. The van der Waals surface area contributed by atoms with Crippen LogP contribution in [-0.2, 0) is 0 Å². The van der Waals surface area contributed by atoms with Gasteiger partial charge in [-0.05, 0) is 151 Å². The molecule has 4 heteroatoms. The number of rotatable bonds is 7. The minimum Gasteiger partial charge on any atom is -0.309 e. The van der Waals surface area contributed by atoms with Gasteiger partial charge >= 0.3 is 0 Å². The third-order valence-corrected chi connectivity index (χ3v) is 14.7. The molecule has 318 valence electrons. The van der Waals surface area contributed by atoms with E-state index in [1.165, 1.54) is 120 Å². The lowest BCUT2D eigenvalue weighted by Gasteiger charge is -2.16. The number of aryl methyl sites for hydroxylation is 3. The van der Waals surface area contributed by atoms with Crippen LogP contribution in [0, 0.1) is 20.8 Å². The van der Waals surface area contributed by atoms with Crippen LogP contribution in [0.5, 0.6) is 0 Å². The monoisotopic (exact) mass is 875 g/mol. The summed E-state index contributed by atoms with van der Waals surface area (Å²) in [6.07, 6.45) is 0. The Morgan fingerprint density at radius 3 is 1.27 bits per heavy atom. The van der Waals surface area contributed by atoms with Gasteiger partial charge in [-0.3, -0.25) is 0 Å². The second-order valence-electron chi connectivity index (χ2n) is 18.0. The van der Waals surface area contributed by atoms with Crippen molar-refractivity contribution in [1.29, 1.82) is 0 Å². The number of hydrogen-bond acceptors (Lipinski definition) is 1. The van der Waals surface area contributed by atoms with Gasteiger partial charge in [-0.1, -0.05) is 139 Å². The Hall–Kier alpha value is -8.05. The van der Waals surface area contributed by atoms with Crippen LogP contribution in [0.15, 0.2) is 228 Å². The molecule has 0 saturated heterocycles. The lowest BCUT2D eigenvalue weighted by atomic mass is 10.0. The first-order chi connectivity index (χ1) is 32.9. The molecule has 10 aromatic carbocycles. The van der Waals surface area contributed by atoms with E-state index in [4.69, 9.17) is 0 Å². The van der Waals surface area contributed by atoms with Crippen molar-refractivity contribution < 1.29 is 0 Å². The van der Waals surface area contributed by atoms with Crippen LogP contribution in [0.25, 0.3) is 105 Å². The molecule has 3 nitrogen and oxygen atoms in total. The first kappa shape index (κ1) is 39.3. The average Bonchev–Trinajstić information content (AvgIpc) is 3.99. The molecule has 0 atom stereocenters. The van der Waals surface area contributed by atoms with E-state index in [-0.39, 0.29) is 0 Å². The lowest BCUT2D eigenvalue weighted by molar-refractivity contribution is 1.11. The minimum absolute atomic E-state index is 1.15. The van der Waals surface area contributed by atoms with Crippen LogP contribution >= 0.6 is 11.8 Å². The Morgan fingerprint density at radius 1 is 0.284 bits per heavy atom. The first-order valence-electron chi connectivity index (χ1n) is 23.1. The van der Waals surface area contributed by atoms with Crippen molar-refractivity contribution >= 4 is 77.2 Å². The standard InChI is InChI=1S/C63H45N3S/c1-40-33-41(2)63(42(3)34-40)66-57-22-14-13-21-51(57)54-37-48(25-30-62(54)66)65-59-29-24-46(44-17-9-5-10-18-44)36-53(59)56-39-50(27-32-61(56)65)67-49-26-31-60-55(38-49)52-35-45(43-15-7-4-8-16-43)23-28-58(52)64(60)47-19-11-6-12-20-47/h4-39H,1-3H3. The number of para-hydroxylation sites is 2. The molecule has 13 aromatic rings. The topological polar surface area (TPSA) is 14.8 Å². The maximum Gasteiger partial charge on any atom is 0.0542 e. The van der Waals surface area contributed by atoms with Crippen molar-refractivity contribution in [3.05, 3.63) is 235 Å². The number of aromatic nitrogens is 3. The summed E-state index contributed by atoms with van der Waals surface area (Å²) >= 11 is 1.83. The Kier molecular flexibility index (Phi) is 9.13. The molecule has 0 aliphatic carbocycles. The van der Waals surface area contributed by atoms with E-state index in [2.05, 4.69) is 253 Å². The van der Waals surface area contributed by atoms with Crippen molar-refractivity contribution in [3.63, 3.8) is 0 Å². The second kappa shape index (κ2) is 15.5. The van der Waals surface area contributed by atoms with Crippen molar-refractivity contribution in [2.45, 2.75) is 30.6 Å². The van der Waals surface area contributed by atoms with Gasteiger partial charge in [0.2, 0.25) is 0 Å². The summed E-state index contributed by atoms with van der Waals surface area (Å²) in [6, 6.07) is 80.6. The first-order valence-corrected chi connectivity index (χ1v) is 23.9. The molecule has 13 rings (SSSR count). The van der Waals surface area contributed by atoms with Crippen molar-refractivity contribution in [1.82, 2.24) is 13.7 Å². The molecule has 0 spiro atoms. The summed E-state index contributed by atoms with van der Waals surface area (Å²) < 4.78 is 7.34. The van der Waals surface area contributed by atoms with Crippen LogP contribution in [0.1, 0.15) is 16.7 Å². The molecule has 3 aromatic heterocycles. The van der Waals surface area contributed by atoms with Gasteiger partial charge in [-0.25, -0.2) is 0 Å². The van der Waals surface area contributed by atoms with E-state index in [0.29, 0.717) is 0 Å². The largest absolute Gasteiger partial charge is 0.309 e. The zero-order valence-electron chi connectivity index (χ0n) is 37.5. The maximum absolute atomic E-state index is 2.47. The summed E-state index contributed by atoms with van der Waals surface area (Å²) in [5.41, 5.74) is 19.5. The van der Waals surface area contributed by atoms with Gasteiger partial charge in [-0.2, -0.15) is 0 Å². The molecule has 0 unspecified atom stereocenters. The fourth-order valence-corrected chi connectivity index (χ4v) is 11.8. The molecule has 0 aliphatic rings. The summed E-state index contributed by atoms with van der Waals surface area (Å²) in [6.45, 7) is 6.66. The summed E-state index contributed by atoms with van der Waals surface area (Å²) in [4.78, 5) is 2.41. The molecule has 67 heavy (non-hydrogen) atoms. The van der Waals surface area contributed by atoms with Gasteiger partial charge < -0.3 is 13.7 Å². The van der Waals surface area contributed by atoms with Gasteiger partial charge in [0.15, 0.2) is 0 Å². The molecule has 0 fully saturated rings. The molecular weight excluding hydrogens is 831 g/mol. The predicted octanol–water partition coefficient (Wildman–Crippen LogP) is 17.4. The van der Waals surface area contributed by atoms with E-state index in [1.807, 2.05) is 11.8 Å². The number of benzene rings is 10. The fourth-order valence-electron chi connectivity index (χ4n) is 10.9.